The number of carbonyl (C=O) groups is 2. The Hall–Kier alpha value is -2.88. The van der Waals surface area contributed by atoms with Crippen LogP contribution in [0.1, 0.15) is 46.3 Å². The fraction of sp³-hybridized carbons (Fsp3) is 0.158. The van der Waals surface area contributed by atoms with Gasteiger partial charge in [0.25, 0.3) is 5.91 Å². The minimum Gasteiger partial charge on any atom is -0.356 e. The van der Waals surface area contributed by atoms with Crippen molar-refractivity contribution in [3.8, 4) is 0 Å². The van der Waals surface area contributed by atoms with Gasteiger partial charge in [0.1, 0.15) is 5.69 Å². The van der Waals surface area contributed by atoms with E-state index in [4.69, 9.17) is 0 Å². The van der Waals surface area contributed by atoms with Gasteiger partial charge in [-0.15, -0.1) is 0 Å². The van der Waals surface area contributed by atoms with Crippen LogP contribution in [0.5, 0.6) is 0 Å². The second kappa shape index (κ2) is 6.08. The second-order valence-corrected chi connectivity index (χ2v) is 5.66. The highest BCUT2D eigenvalue weighted by atomic mass is 16.2. The summed E-state index contributed by atoms with van der Waals surface area (Å²) in [5.41, 5.74) is 1.94. The Morgan fingerprint density at radius 1 is 1.04 bits per heavy atom. The Morgan fingerprint density at radius 2 is 1.78 bits per heavy atom. The van der Waals surface area contributed by atoms with E-state index in [0.29, 0.717) is 11.3 Å². The van der Waals surface area contributed by atoms with E-state index in [1.807, 2.05) is 25.1 Å². The number of Topliss-reactive ketones (excluding diaryl/α,β-unsaturated/α-hetero) is 1. The summed E-state index contributed by atoms with van der Waals surface area (Å²) >= 11 is 0. The number of aromatic nitrogens is 1. The molecule has 1 heterocycles. The van der Waals surface area contributed by atoms with Crippen LogP contribution in [0.15, 0.2) is 54.7 Å². The van der Waals surface area contributed by atoms with Crippen LogP contribution in [0.3, 0.4) is 0 Å². The predicted octanol–water partition coefficient (Wildman–Crippen LogP) is 3.86. The van der Waals surface area contributed by atoms with Crippen molar-refractivity contribution in [1.82, 2.24) is 10.3 Å². The van der Waals surface area contributed by atoms with Crippen LogP contribution < -0.4 is 5.32 Å². The number of carbonyl (C=O) groups excluding carboxylic acids is 2. The fourth-order valence-corrected chi connectivity index (χ4v) is 2.56. The summed E-state index contributed by atoms with van der Waals surface area (Å²) in [5.74, 6) is -0.291. The summed E-state index contributed by atoms with van der Waals surface area (Å²) in [6, 6.07) is 15.7. The number of hydrogen-bond donors (Lipinski definition) is 2. The van der Waals surface area contributed by atoms with E-state index >= 15 is 0 Å². The molecule has 1 unspecified atom stereocenters. The molecule has 0 aliphatic carbocycles. The van der Waals surface area contributed by atoms with Gasteiger partial charge >= 0.3 is 0 Å². The molecule has 1 atom stereocenters. The number of rotatable bonds is 4. The number of aromatic amines is 1. The number of ketones is 1. The standard InChI is InChI=1S/C19H18N2O2/c1-12(15-8-7-14-5-3-4-6-16(14)9-15)21-19(23)18-10-17(11-20-18)13(2)22/h3-12,20H,1-2H3,(H,21,23). The van der Waals surface area contributed by atoms with Gasteiger partial charge < -0.3 is 10.3 Å². The Labute approximate surface area is 134 Å². The monoisotopic (exact) mass is 306 g/mol. The highest BCUT2D eigenvalue weighted by Crippen LogP contribution is 2.20. The molecule has 0 aliphatic heterocycles. The maximum absolute atomic E-state index is 12.3. The van der Waals surface area contributed by atoms with E-state index in [1.54, 1.807) is 12.3 Å². The molecule has 116 valence electrons. The first-order chi connectivity index (χ1) is 11.0. The molecule has 3 rings (SSSR count). The lowest BCUT2D eigenvalue weighted by Gasteiger charge is -2.14. The highest BCUT2D eigenvalue weighted by molar-refractivity contribution is 5.99. The summed E-state index contributed by atoms with van der Waals surface area (Å²) in [4.78, 5) is 26.4. The number of benzene rings is 2. The van der Waals surface area contributed by atoms with Crippen LogP contribution in [0.25, 0.3) is 10.8 Å². The molecule has 0 spiro atoms. The van der Waals surface area contributed by atoms with Crippen molar-refractivity contribution < 1.29 is 9.59 Å². The van der Waals surface area contributed by atoms with Gasteiger partial charge in [0.2, 0.25) is 0 Å². The number of nitrogens with one attached hydrogen (secondary N) is 2. The van der Waals surface area contributed by atoms with E-state index < -0.39 is 0 Å². The molecule has 1 amide bonds. The van der Waals surface area contributed by atoms with E-state index in [9.17, 15) is 9.59 Å². The minimum absolute atomic E-state index is 0.0668. The average Bonchev–Trinajstić information content (AvgIpc) is 3.04. The zero-order chi connectivity index (χ0) is 16.4. The molecule has 2 N–H and O–H groups in total. The summed E-state index contributed by atoms with van der Waals surface area (Å²) in [6.07, 6.45) is 1.55. The summed E-state index contributed by atoms with van der Waals surface area (Å²) < 4.78 is 0. The lowest BCUT2D eigenvalue weighted by atomic mass is 10.0. The molecule has 23 heavy (non-hydrogen) atoms. The molecule has 0 fully saturated rings. The third-order valence-electron chi connectivity index (χ3n) is 3.96. The summed E-state index contributed by atoms with van der Waals surface area (Å²) in [6.45, 7) is 3.42. The molecule has 2 aromatic carbocycles. The first-order valence-corrected chi connectivity index (χ1v) is 7.53. The molecule has 0 bridgehead atoms. The first kappa shape index (κ1) is 15.0. The third-order valence-corrected chi connectivity index (χ3v) is 3.96. The molecular weight excluding hydrogens is 288 g/mol. The Balaban J connectivity index is 1.77. The smallest absolute Gasteiger partial charge is 0.268 e. The van der Waals surface area contributed by atoms with Crippen molar-refractivity contribution in [2.24, 2.45) is 0 Å². The lowest BCUT2D eigenvalue weighted by Crippen LogP contribution is -2.26. The molecule has 0 saturated heterocycles. The SMILES string of the molecule is CC(=O)c1c[nH]c(C(=O)NC(C)c2ccc3ccccc3c2)c1. The van der Waals surface area contributed by atoms with Crippen molar-refractivity contribution in [3.05, 3.63) is 71.5 Å². The zero-order valence-corrected chi connectivity index (χ0v) is 13.1. The zero-order valence-electron chi connectivity index (χ0n) is 13.1. The molecule has 4 nitrogen and oxygen atoms in total. The highest BCUT2D eigenvalue weighted by Gasteiger charge is 2.14. The van der Waals surface area contributed by atoms with Gasteiger partial charge in [-0.2, -0.15) is 0 Å². The van der Waals surface area contributed by atoms with E-state index in [2.05, 4.69) is 34.6 Å². The second-order valence-electron chi connectivity index (χ2n) is 5.66. The maximum atomic E-state index is 12.3. The van der Waals surface area contributed by atoms with Crippen molar-refractivity contribution >= 4 is 22.5 Å². The third kappa shape index (κ3) is 3.16. The van der Waals surface area contributed by atoms with E-state index in [-0.39, 0.29) is 17.7 Å². The van der Waals surface area contributed by atoms with Crippen molar-refractivity contribution in [2.45, 2.75) is 19.9 Å². The van der Waals surface area contributed by atoms with Crippen LogP contribution >= 0.6 is 0 Å². The first-order valence-electron chi connectivity index (χ1n) is 7.53. The van der Waals surface area contributed by atoms with Gasteiger partial charge in [0.15, 0.2) is 5.78 Å². The average molecular weight is 306 g/mol. The normalized spacial score (nSPS) is 12.1. The number of amides is 1. The number of hydrogen-bond acceptors (Lipinski definition) is 2. The van der Waals surface area contributed by atoms with Crippen LogP contribution in [-0.4, -0.2) is 16.7 Å². The lowest BCUT2D eigenvalue weighted by molar-refractivity contribution is 0.0935. The minimum atomic E-state index is -0.224. The topological polar surface area (TPSA) is 62.0 Å². The molecule has 4 heteroatoms. The van der Waals surface area contributed by atoms with Gasteiger partial charge in [-0.3, -0.25) is 9.59 Å². The van der Waals surface area contributed by atoms with Crippen molar-refractivity contribution in [2.75, 3.05) is 0 Å². The fourth-order valence-electron chi connectivity index (χ4n) is 2.56. The Morgan fingerprint density at radius 3 is 2.48 bits per heavy atom. The molecule has 3 aromatic rings. The number of fused-ring (bicyclic) bond motifs is 1. The van der Waals surface area contributed by atoms with Gasteiger partial charge in [0, 0.05) is 11.8 Å². The van der Waals surface area contributed by atoms with E-state index in [0.717, 1.165) is 10.9 Å². The van der Waals surface area contributed by atoms with Gasteiger partial charge in [0.05, 0.1) is 6.04 Å². The van der Waals surface area contributed by atoms with Gasteiger partial charge in [-0.05, 0) is 42.3 Å². The number of H-pyrrole nitrogens is 1. The largest absolute Gasteiger partial charge is 0.356 e. The molecule has 0 saturated carbocycles. The molecule has 1 aromatic heterocycles. The quantitative estimate of drug-likeness (QED) is 0.719. The maximum Gasteiger partial charge on any atom is 0.268 e. The van der Waals surface area contributed by atoms with Crippen LogP contribution in [0.2, 0.25) is 0 Å². The molecular formula is C19H18N2O2. The molecule has 0 radical (unpaired) electrons. The summed E-state index contributed by atoms with van der Waals surface area (Å²) in [7, 11) is 0. The predicted molar refractivity (Wildman–Crippen MR) is 90.6 cm³/mol. The van der Waals surface area contributed by atoms with Crippen molar-refractivity contribution in [1.29, 1.82) is 0 Å². The molecule has 0 aliphatic rings. The van der Waals surface area contributed by atoms with Crippen LogP contribution in [0.4, 0.5) is 0 Å². The van der Waals surface area contributed by atoms with Gasteiger partial charge in [-0.25, -0.2) is 0 Å². The van der Waals surface area contributed by atoms with Gasteiger partial charge in [-0.1, -0.05) is 36.4 Å². The Bertz CT molecular complexity index is 880. The van der Waals surface area contributed by atoms with E-state index in [1.165, 1.54) is 12.3 Å². The summed E-state index contributed by atoms with van der Waals surface area (Å²) in [5, 5.41) is 5.26. The van der Waals surface area contributed by atoms with Crippen LogP contribution in [-0.2, 0) is 0 Å². The van der Waals surface area contributed by atoms with Crippen molar-refractivity contribution in [3.63, 3.8) is 0 Å². The van der Waals surface area contributed by atoms with Crippen LogP contribution in [0, 0.1) is 0 Å². The Kier molecular flexibility index (Phi) is 3.98.